The van der Waals surface area contributed by atoms with Gasteiger partial charge in [-0.1, -0.05) is 83.0 Å². The maximum absolute atomic E-state index is 12.2. The summed E-state index contributed by atoms with van der Waals surface area (Å²) in [6, 6.07) is 6.68. The van der Waals surface area contributed by atoms with Gasteiger partial charge < -0.3 is 0 Å². The Morgan fingerprint density at radius 1 is 0.917 bits per heavy atom. The first-order valence-electron chi connectivity index (χ1n) is 6.16. The SMILES string of the molecule is O=C(NC(=O)N(S)c1cc(Cl)c(Cl)c(Cl)c1Cl)c1ccccc1Cl. The van der Waals surface area contributed by atoms with Crippen LogP contribution in [0.4, 0.5) is 10.5 Å². The van der Waals surface area contributed by atoms with Gasteiger partial charge in [0, 0.05) is 0 Å². The number of carbonyl (C=O) groups is 2. The molecule has 2 rings (SSSR count). The van der Waals surface area contributed by atoms with E-state index in [1.165, 1.54) is 18.2 Å². The third kappa shape index (κ3) is 4.04. The van der Waals surface area contributed by atoms with Gasteiger partial charge in [-0.05, 0) is 18.2 Å². The van der Waals surface area contributed by atoms with Gasteiger partial charge >= 0.3 is 6.03 Å². The Balaban J connectivity index is 2.25. The van der Waals surface area contributed by atoms with Gasteiger partial charge in [0.05, 0.1) is 36.4 Å². The molecule has 0 saturated carbocycles. The molecule has 2 aromatic rings. The Hall–Kier alpha value is -0.820. The van der Waals surface area contributed by atoms with Crippen molar-refractivity contribution in [2.45, 2.75) is 0 Å². The lowest BCUT2D eigenvalue weighted by Crippen LogP contribution is -2.38. The summed E-state index contributed by atoms with van der Waals surface area (Å²) in [7, 11) is 0. The van der Waals surface area contributed by atoms with Crippen molar-refractivity contribution in [2.24, 2.45) is 0 Å². The smallest absolute Gasteiger partial charge is 0.273 e. The van der Waals surface area contributed by atoms with E-state index in [2.05, 4.69) is 18.1 Å². The number of urea groups is 1. The molecule has 126 valence electrons. The molecule has 1 N–H and O–H groups in total. The van der Waals surface area contributed by atoms with E-state index < -0.39 is 11.9 Å². The van der Waals surface area contributed by atoms with Crippen molar-refractivity contribution in [3.8, 4) is 0 Å². The topological polar surface area (TPSA) is 49.4 Å². The molecular formula is C14H7Cl5N2O2S. The van der Waals surface area contributed by atoms with E-state index in [0.29, 0.717) is 0 Å². The average molecular weight is 445 g/mol. The predicted molar refractivity (Wildman–Crippen MR) is 102 cm³/mol. The van der Waals surface area contributed by atoms with Crippen molar-refractivity contribution in [3.05, 3.63) is 61.0 Å². The number of halogens is 5. The molecule has 0 spiro atoms. The molecule has 0 aromatic heterocycles. The Morgan fingerprint density at radius 3 is 2.17 bits per heavy atom. The van der Waals surface area contributed by atoms with Gasteiger partial charge in [0.2, 0.25) is 0 Å². The highest BCUT2D eigenvalue weighted by Gasteiger charge is 2.23. The highest BCUT2D eigenvalue weighted by molar-refractivity contribution is 7.82. The fourth-order valence-corrected chi connectivity index (χ4v) is 3.05. The van der Waals surface area contributed by atoms with E-state index in [4.69, 9.17) is 58.0 Å². The van der Waals surface area contributed by atoms with Crippen LogP contribution in [-0.4, -0.2) is 11.9 Å². The van der Waals surface area contributed by atoms with Crippen LogP contribution in [0.1, 0.15) is 10.4 Å². The number of nitrogens with one attached hydrogen (secondary N) is 1. The standard InChI is InChI=1S/C14H7Cl5N2O2S/c15-7-4-2-1-3-6(7)13(22)20-14(23)21(24)9-5-8(16)10(17)12(19)11(9)18/h1-5,24H,(H,20,22,23). The molecule has 3 amide bonds. The summed E-state index contributed by atoms with van der Waals surface area (Å²) in [6.45, 7) is 0. The summed E-state index contributed by atoms with van der Waals surface area (Å²) < 4.78 is 0.783. The molecule has 0 aliphatic rings. The van der Waals surface area contributed by atoms with Crippen molar-refractivity contribution in [2.75, 3.05) is 4.31 Å². The van der Waals surface area contributed by atoms with Gasteiger partial charge in [-0.25, -0.2) is 9.10 Å². The number of benzene rings is 2. The molecule has 0 unspecified atom stereocenters. The number of nitrogens with zero attached hydrogens (tertiary/aromatic N) is 1. The third-order valence-electron chi connectivity index (χ3n) is 2.84. The summed E-state index contributed by atoms with van der Waals surface area (Å²) in [5, 5.41) is 2.36. The Bertz CT molecular complexity index is 831. The summed E-state index contributed by atoms with van der Waals surface area (Å²) in [6.07, 6.45) is 0. The number of carbonyl (C=O) groups excluding carboxylic acids is 2. The number of amides is 3. The number of imide groups is 1. The first-order chi connectivity index (χ1) is 11.2. The lowest BCUT2D eigenvalue weighted by atomic mass is 10.2. The molecule has 0 aliphatic heterocycles. The van der Waals surface area contributed by atoms with Crippen LogP contribution in [0.15, 0.2) is 30.3 Å². The second-order valence-corrected chi connectivity index (χ2v) is 6.72. The van der Waals surface area contributed by atoms with Gasteiger partial charge in [-0.15, -0.1) is 0 Å². The quantitative estimate of drug-likeness (QED) is 0.331. The second-order valence-electron chi connectivity index (χ2n) is 4.37. The van der Waals surface area contributed by atoms with Crippen LogP contribution in [-0.2, 0) is 0 Å². The Kier molecular flexibility index (Phi) is 6.53. The monoisotopic (exact) mass is 442 g/mol. The van der Waals surface area contributed by atoms with E-state index in [-0.39, 0.29) is 36.4 Å². The molecular weight excluding hydrogens is 437 g/mol. The van der Waals surface area contributed by atoms with Gasteiger partial charge in [0.25, 0.3) is 5.91 Å². The lowest BCUT2D eigenvalue weighted by Gasteiger charge is -2.19. The molecule has 0 radical (unpaired) electrons. The molecule has 0 bridgehead atoms. The van der Waals surface area contributed by atoms with Crippen LogP contribution in [0.5, 0.6) is 0 Å². The highest BCUT2D eigenvalue weighted by atomic mass is 35.5. The zero-order chi connectivity index (χ0) is 18.0. The molecule has 0 aliphatic carbocycles. The molecule has 4 nitrogen and oxygen atoms in total. The molecule has 24 heavy (non-hydrogen) atoms. The van der Waals surface area contributed by atoms with Crippen LogP contribution in [0.2, 0.25) is 25.1 Å². The van der Waals surface area contributed by atoms with Crippen LogP contribution >= 0.6 is 70.8 Å². The number of anilines is 1. The Morgan fingerprint density at radius 2 is 1.54 bits per heavy atom. The van der Waals surface area contributed by atoms with E-state index in [1.807, 2.05) is 0 Å². The summed E-state index contributed by atoms with van der Waals surface area (Å²) in [5.41, 5.74) is 0.191. The largest absolute Gasteiger partial charge is 0.338 e. The average Bonchev–Trinajstić information content (AvgIpc) is 2.55. The molecule has 0 atom stereocenters. The fraction of sp³-hybridized carbons (Fsp3) is 0. The summed E-state index contributed by atoms with van der Waals surface area (Å²) >= 11 is 33.7. The molecule has 0 heterocycles. The zero-order valence-electron chi connectivity index (χ0n) is 11.5. The Labute approximate surface area is 168 Å². The predicted octanol–water partition coefficient (Wildman–Crippen LogP) is 6.15. The van der Waals surface area contributed by atoms with Crippen molar-refractivity contribution in [1.29, 1.82) is 0 Å². The number of hydrogen-bond donors (Lipinski definition) is 2. The van der Waals surface area contributed by atoms with E-state index >= 15 is 0 Å². The molecule has 10 heteroatoms. The lowest BCUT2D eigenvalue weighted by molar-refractivity contribution is 0.0966. The summed E-state index contributed by atoms with van der Waals surface area (Å²) in [4.78, 5) is 24.3. The van der Waals surface area contributed by atoms with Gasteiger partial charge in [0.1, 0.15) is 0 Å². The van der Waals surface area contributed by atoms with Crippen molar-refractivity contribution < 1.29 is 9.59 Å². The van der Waals surface area contributed by atoms with E-state index in [9.17, 15) is 9.59 Å². The first-order valence-corrected chi connectivity index (χ1v) is 8.44. The third-order valence-corrected chi connectivity index (χ3v) is 5.31. The van der Waals surface area contributed by atoms with Crippen LogP contribution < -0.4 is 9.62 Å². The van der Waals surface area contributed by atoms with Gasteiger partial charge in [0.15, 0.2) is 0 Å². The normalized spacial score (nSPS) is 10.4. The highest BCUT2D eigenvalue weighted by Crippen LogP contribution is 2.42. The van der Waals surface area contributed by atoms with E-state index in [0.717, 1.165) is 4.31 Å². The fourth-order valence-electron chi connectivity index (χ4n) is 1.69. The molecule has 2 aromatic carbocycles. The molecule has 0 fully saturated rings. The number of rotatable bonds is 2. The first kappa shape index (κ1) is 19.5. The minimum atomic E-state index is -0.875. The minimum absolute atomic E-state index is 0.0369. The second kappa shape index (κ2) is 8.04. The van der Waals surface area contributed by atoms with Crippen molar-refractivity contribution in [3.63, 3.8) is 0 Å². The number of thiol groups is 1. The maximum atomic E-state index is 12.2. The van der Waals surface area contributed by atoms with Crippen LogP contribution in [0, 0.1) is 0 Å². The van der Waals surface area contributed by atoms with Crippen molar-refractivity contribution in [1.82, 2.24) is 5.32 Å². The summed E-state index contributed by atoms with van der Waals surface area (Å²) in [5.74, 6) is -0.702. The zero-order valence-corrected chi connectivity index (χ0v) is 16.2. The maximum Gasteiger partial charge on any atom is 0.338 e. The van der Waals surface area contributed by atoms with Gasteiger partial charge in [-0.2, -0.15) is 0 Å². The van der Waals surface area contributed by atoms with Crippen LogP contribution in [0.25, 0.3) is 0 Å². The molecule has 0 saturated heterocycles. The minimum Gasteiger partial charge on any atom is -0.273 e. The number of hydrogen-bond acceptors (Lipinski definition) is 3. The van der Waals surface area contributed by atoms with Crippen molar-refractivity contribution >= 4 is 88.4 Å². The van der Waals surface area contributed by atoms with Gasteiger partial charge in [-0.3, -0.25) is 10.1 Å². The van der Waals surface area contributed by atoms with Crippen LogP contribution in [0.3, 0.4) is 0 Å². The van der Waals surface area contributed by atoms with E-state index in [1.54, 1.807) is 12.1 Å².